The smallest absolute Gasteiger partial charge is 0.220 e. The lowest BCUT2D eigenvalue weighted by atomic mass is 10.1. The molecule has 0 saturated carbocycles. The van der Waals surface area contributed by atoms with E-state index in [0.29, 0.717) is 23.6 Å². The number of rotatable bonds is 4. The van der Waals surface area contributed by atoms with Gasteiger partial charge in [0, 0.05) is 6.20 Å². The molecule has 0 aliphatic heterocycles. The molecule has 1 aliphatic carbocycles. The number of benzene rings is 1. The summed E-state index contributed by atoms with van der Waals surface area (Å²) < 4.78 is 5.25. The third kappa shape index (κ3) is 3.36. The zero-order valence-electron chi connectivity index (χ0n) is 11.5. The third-order valence-electron chi connectivity index (χ3n) is 2.84. The van der Waals surface area contributed by atoms with E-state index in [4.69, 9.17) is 4.74 Å². The molecule has 1 aliphatic rings. The molecule has 0 spiro atoms. The monoisotopic (exact) mass is 271 g/mol. The molecule has 0 bridgehead atoms. The Morgan fingerprint density at radius 1 is 1.25 bits per heavy atom. The predicted molar refractivity (Wildman–Crippen MR) is 77.4 cm³/mol. The van der Waals surface area contributed by atoms with Gasteiger partial charge in [0.15, 0.2) is 5.76 Å². The van der Waals surface area contributed by atoms with Crippen LogP contribution in [0.15, 0.2) is 60.0 Å². The molecular formula is C16H17NO3. The van der Waals surface area contributed by atoms with Gasteiger partial charge in [0.1, 0.15) is 0 Å². The van der Waals surface area contributed by atoms with E-state index in [1.165, 1.54) is 12.3 Å². The van der Waals surface area contributed by atoms with Crippen molar-refractivity contribution in [3.05, 3.63) is 65.6 Å². The van der Waals surface area contributed by atoms with Crippen molar-refractivity contribution in [2.45, 2.75) is 13.8 Å². The number of hydrogen-bond acceptors (Lipinski definition) is 4. The number of anilines is 1. The summed E-state index contributed by atoms with van der Waals surface area (Å²) in [6.07, 6.45) is 6.22. The highest BCUT2D eigenvalue weighted by Gasteiger charge is 2.12. The third-order valence-corrected chi connectivity index (χ3v) is 2.84. The van der Waals surface area contributed by atoms with E-state index in [1.807, 2.05) is 38.1 Å². The zero-order chi connectivity index (χ0) is 14.5. The minimum atomic E-state index is -0.163. The highest BCUT2D eigenvalue weighted by atomic mass is 16.5. The van der Waals surface area contributed by atoms with Crippen molar-refractivity contribution in [3.63, 3.8) is 0 Å². The van der Waals surface area contributed by atoms with Crippen LogP contribution in [0.1, 0.15) is 12.5 Å². The quantitative estimate of drug-likeness (QED) is 0.855. The number of carbonyl (C=O) groups is 1. The van der Waals surface area contributed by atoms with Gasteiger partial charge in [0.2, 0.25) is 5.78 Å². The standard InChI is InChI=1S/C16H17NO3/c1-3-20-16-10-13(6-9-15(16)18)11-17(19)14-7-4-12(2)5-8-14/h4-11,19H,3H2,1-2H3/b13-11+. The van der Waals surface area contributed by atoms with Crippen LogP contribution in [0, 0.1) is 6.92 Å². The normalized spacial score (nSPS) is 16.2. The first kappa shape index (κ1) is 14.1. The summed E-state index contributed by atoms with van der Waals surface area (Å²) in [6, 6.07) is 7.46. The maximum Gasteiger partial charge on any atom is 0.220 e. The topological polar surface area (TPSA) is 49.8 Å². The fraction of sp³-hybridized carbons (Fsp3) is 0.188. The maximum atomic E-state index is 11.5. The zero-order valence-corrected chi connectivity index (χ0v) is 11.5. The average molecular weight is 271 g/mol. The van der Waals surface area contributed by atoms with E-state index in [1.54, 1.807) is 12.2 Å². The summed E-state index contributed by atoms with van der Waals surface area (Å²) in [7, 11) is 0. The maximum absolute atomic E-state index is 11.5. The Labute approximate surface area is 118 Å². The molecule has 0 radical (unpaired) electrons. The fourth-order valence-electron chi connectivity index (χ4n) is 1.79. The molecule has 4 nitrogen and oxygen atoms in total. The Kier molecular flexibility index (Phi) is 4.38. The number of allylic oxidation sites excluding steroid dienone is 4. The van der Waals surface area contributed by atoms with Crippen LogP contribution >= 0.6 is 0 Å². The summed E-state index contributed by atoms with van der Waals surface area (Å²) in [4.78, 5) is 11.5. The van der Waals surface area contributed by atoms with Crippen molar-refractivity contribution < 1.29 is 14.7 Å². The molecule has 1 aromatic carbocycles. The minimum Gasteiger partial charge on any atom is -0.490 e. The molecule has 0 fully saturated rings. The lowest BCUT2D eigenvalue weighted by Crippen LogP contribution is -2.12. The van der Waals surface area contributed by atoms with E-state index in [9.17, 15) is 10.0 Å². The number of aryl methyl sites for hydroxylation is 1. The van der Waals surface area contributed by atoms with Crippen LogP contribution in [0.5, 0.6) is 0 Å². The average Bonchev–Trinajstić information content (AvgIpc) is 2.43. The van der Waals surface area contributed by atoms with Crippen LogP contribution in [0.4, 0.5) is 5.69 Å². The molecule has 0 aromatic heterocycles. The first-order valence-corrected chi connectivity index (χ1v) is 6.43. The first-order chi connectivity index (χ1) is 9.60. The number of hydroxylamine groups is 1. The second-order valence-corrected chi connectivity index (χ2v) is 4.45. The van der Waals surface area contributed by atoms with E-state index in [0.717, 1.165) is 10.6 Å². The lowest BCUT2D eigenvalue weighted by Gasteiger charge is -2.15. The Bertz CT molecular complexity index is 582. The van der Waals surface area contributed by atoms with Gasteiger partial charge in [-0.05, 0) is 49.8 Å². The summed E-state index contributed by atoms with van der Waals surface area (Å²) in [5.41, 5.74) is 2.47. The molecule has 0 heterocycles. The largest absolute Gasteiger partial charge is 0.490 e. The lowest BCUT2D eigenvalue weighted by molar-refractivity contribution is -0.114. The molecule has 20 heavy (non-hydrogen) atoms. The van der Waals surface area contributed by atoms with Crippen molar-refractivity contribution in [1.29, 1.82) is 0 Å². The molecular weight excluding hydrogens is 254 g/mol. The second kappa shape index (κ2) is 6.21. The fourth-order valence-corrected chi connectivity index (χ4v) is 1.79. The van der Waals surface area contributed by atoms with Gasteiger partial charge in [-0.15, -0.1) is 0 Å². The van der Waals surface area contributed by atoms with Crippen LogP contribution in [0.25, 0.3) is 0 Å². The van der Waals surface area contributed by atoms with Crippen molar-refractivity contribution in [3.8, 4) is 0 Å². The van der Waals surface area contributed by atoms with E-state index < -0.39 is 0 Å². The second-order valence-electron chi connectivity index (χ2n) is 4.45. The van der Waals surface area contributed by atoms with E-state index >= 15 is 0 Å². The van der Waals surface area contributed by atoms with Gasteiger partial charge in [0.25, 0.3) is 0 Å². The molecule has 4 heteroatoms. The van der Waals surface area contributed by atoms with E-state index in [-0.39, 0.29) is 5.78 Å². The molecule has 1 aromatic rings. The molecule has 0 atom stereocenters. The van der Waals surface area contributed by atoms with Crippen LogP contribution in [-0.4, -0.2) is 17.6 Å². The Morgan fingerprint density at radius 2 is 1.95 bits per heavy atom. The van der Waals surface area contributed by atoms with Crippen LogP contribution in [0.2, 0.25) is 0 Å². The van der Waals surface area contributed by atoms with Crippen LogP contribution in [-0.2, 0) is 9.53 Å². The van der Waals surface area contributed by atoms with Crippen molar-refractivity contribution in [2.75, 3.05) is 11.7 Å². The number of ketones is 1. The predicted octanol–water partition coefficient (Wildman–Crippen LogP) is 3.13. The number of carbonyl (C=O) groups excluding carboxylic acids is 1. The number of ether oxygens (including phenoxy) is 1. The summed E-state index contributed by atoms with van der Waals surface area (Å²) in [6.45, 7) is 4.23. The SMILES string of the molecule is CCOC1=C/C(=C/N(O)c2ccc(C)cc2)C=CC1=O. The molecule has 0 amide bonds. The molecule has 0 unspecified atom stereocenters. The minimum absolute atomic E-state index is 0.163. The highest BCUT2D eigenvalue weighted by Crippen LogP contribution is 2.18. The van der Waals surface area contributed by atoms with Gasteiger partial charge in [-0.25, -0.2) is 5.06 Å². The van der Waals surface area contributed by atoms with Crippen molar-refractivity contribution in [1.82, 2.24) is 0 Å². The Balaban J connectivity index is 2.19. The summed E-state index contributed by atoms with van der Waals surface area (Å²) in [5.74, 6) is 0.127. The van der Waals surface area contributed by atoms with Gasteiger partial charge in [-0.2, -0.15) is 0 Å². The van der Waals surface area contributed by atoms with Gasteiger partial charge >= 0.3 is 0 Å². The number of nitrogens with zero attached hydrogens (tertiary/aromatic N) is 1. The molecule has 104 valence electrons. The highest BCUT2D eigenvalue weighted by molar-refractivity contribution is 6.04. The Morgan fingerprint density at radius 3 is 2.60 bits per heavy atom. The van der Waals surface area contributed by atoms with Gasteiger partial charge in [-0.3, -0.25) is 10.0 Å². The molecule has 0 saturated heterocycles. The van der Waals surface area contributed by atoms with Crippen LogP contribution in [0.3, 0.4) is 0 Å². The van der Waals surface area contributed by atoms with Gasteiger partial charge in [-0.1, -0.05) is 17.7 Å². The van der Waals surface area contributed by atoms with Crippen LogP contribution < -0.4 is 5.06 Å². The summed E-state index contributed by atoms with van der Waals surface area (Å²) >= 11 is 0. The van der Waals surface area contributed by atoms with E-state index in [2.05, 4.69) is 0 Å². The molecule has 2 rings (SSSR count). The van der Waals surface area contributed by atoms with Crippen molar-refractivity contribution >= 4 is 11.5 Å². The van der Waals surface area contributed by atoms with Gasteiger partial charge < -0.3 is 4.74 Å². The summed E-state index contributed by atoms with van der Waals surface area (Å²) in [5, 5.41) is 11.0. The Hall–Kier alpha value is -2.33. The number of hydrogen-bond donors (Lipinski definition) is 1. The first-order valence-electron chi connectivity index (χ1n) is 6.43. The van der Waals surface area contributed by atoms with Gasteiger partial charge in [0.05, 0.1) is 12.3 Å². The molecule has 1 N–H and O–H groups in total. The van der Waals surface area contributed by atoms with Crippen molar-refractivity contribution in [2.24, 2.45) is 0 Å².